The van der Waals surface area contributed by atoms with Crippen LogP contribution in [0.15, 0.2) is 453 Å². The molecule has 0 aliphatic carbocycles. The monoisotopic (exact) mass is 1660 g/mol. The lowest BCUT2D eigenvalue weighted by molar-refractivity contribution is 1.07. The van der Waals surface area contributed by atoms with Crippen LogP contribution in [0.5, 0.6) is 0 Å². The maximum Gasteiger partial charge on any atom is 0.164 e. The third-order valence-electron chi connectivity index (χ3n) is 23.5. The van der Waals surface area contributed by atoms with Crippen LogP contribution in [0.4, 0.5) is 0 Å². The molecule has 0 spiro atoms. The standard InChI is InChI=1S/C57H37N5.C36H24N2.C21H14BrN3/c1-4-15-40(16-5-1)55-58-56(41-17-6-2-7-18-41)60-57(59-55)44-19-14-22-46(35-44)62-52-26-13-11-24-48(52)50-37-43(32-34-54(50)62)39-29-27-38(28-30-39)42-31-33-53-49(36-42)47-23-10-12-25-51(47)61(53)45-20-8-3-9-21-45;1-2-8-28(9-3-1)38-35-13-7-5-11-30(35)32-23-27(19-21-36(32)38)25-16-14-24(15-17-25)26-18-20-34-31(22-26)29-10-4-6-12-33(29)37-34;22-18-13-7-12-17(14-18)21-24-19(15-8-3-1-4-9-15)23-20(25-21)16-10-5-2-6-11-16/h1-37H;1-23,37H;1-14H. The summed E-state index contributed by atoms with van der Waals surface area (Å²) in [7, 11) is 0. The second-order valence-electron chi connectivity index (χ2n) is 31.1. The summed E-state index contributed by atoms with van der Waals surface area (Å²) in [6.45, 7) is 0. The van der Waals surface area contributed by atoms with Crippen LogP contribution >= 0.6 is 15.9 Å². The van der Waals surface area contributed by atoms with Gasteiger partial charge in [0.25, 0.3) is 0 Å². The van der Waals surface area contributed by atoms with E-state index < -0.39 is 0 Å². The van der Waals surface area contributed by atoms with E-state index in [1.54, 1.807) is 0 Å². The van der Waals surface area contributed by atoms with Crippen molar-refractivity contribution >= 4 is 103 Å². The van der Waals surface area contributed by atoms with Gasteiger partial charge in [-0.25, -0.2) is 29.9 Å². The summed E-state index contributed by atoms with van der Waals surface area (Å²) < 4.78 is 8.06. The van der Waals surface area contributed by atoms with Gasteiger partial charge in [0, 0.05) is 109 Å². The number of fused-ring (bicyclic) bond motifs is 12. The minimum atomic E-state index is 0.630. The van der Waals surface area contributed by atoms with Gasteiger partial charge < -0.3 is 18.7 Å². The minimum Gasteiger partial charge on any atom is -0.355 e. The fourth-order valence-corrected chi connectivity index (χ4v) is 17.9. The van der Waals surface area contributed by atoms with E-state index in [1.165, 1.54) is 132 Å². The van der Waals surface area contributed by atoms with Crippen molar-refractivity contribution in [1.82, 2.24) is 48.6 Å². The van der Waals surface area contributed by atoms with E-state index in [9.17, 15) is 0 Å². The van der Waals surface area contributed by atoms with E-state index in [4.69, 9.17) is 24.9 Å². The molecule has 0 fully saturated rings. The minimum absolute atomic E-state index is 0.630. The first-order valence-corrected chi connectivity index (χ1v) is 42.7. The molecule has 1 N–H and O–H groups in total. The largest absolute Gasteiger partial charge is 0.355 e. The average Bonchev–Trinajstić information content (AvgIpc) is 1.60. The Labute approximate surface area is 729 Å². The molecule has 0 amide bonds. The number of hydrogen-bond donors (Lipinski definition) is 1. The summed E-state index contributed by atoms with van der Waals surface area (Å²) in [5.41, 5.74) is 28.2. The zero-order valence-corrected chi connectivity index (χ0v) is 69.2. The van der Waals surface area contributed by atoms with Crippen LogP contribution in [-0.4, -0.2) is 48.6 Å². The number of halogens is 1. The smallest absolute Gasteiger partial charge is 0.164 e. The fraction of sp³-hybridized carbons (Fsp3) is 0. The van der Waals surface area contributed by atoms with Gasteiger partial charge in [-0.05, 0) is 166 Å². The summed E-state index contributed by atoms with van der Waals surface area (Å²) in [5, 5.41) is 9.99. The molecule has 0 unspecified atom stereocenters. The highest BCUT2D eigenvalue weighted by Crippen LogP contribution is 2.42. The first kappa shape index (κ1) is 74.9. The molecule has 125 heavy (non-hydrogen) atoms. The van der Waals surface area contributed by atoms with E-state index in [0.29, 0.717) is 34.9 Å². The van der Waals surface area contributed by atoms with Crippen molar-refractivity contribution in [3.63, 3.8) is 0 Å². The van der Waals surface area contributed by atoms with Crippen LogP contribution in [0.25, 0.3) is 217 Å². The molecule has 0 radical (unpaired) electrons. The average molecular weight is 1660 g/mol. The third kappa shape index (κ3) is 14.5. The van der Waals surface area contributed by atoms with Gasteiger partial charge in [0.05, 0.1) is 33.1 Å². The summed E-state index contributed by atoms with van der Waals surface area (Å²) in [5.74, 6) is 3.92. The Morgan fingerprint density at radius 2 is 0.416 bits per heavy atom. The summed E-state index contributed by atoms with van der Waals surface area (Å²) >= 11 is 3.52. The van der Waals surface area contributed by atoms with E-state index in [0.717, 1.165) is 54.6 Å². The zero-order valence-electron chi connectivity index (χ0n) is 67.6. The number of nitrogens with zero attached hydrogens (tertiary/aromatic N) is 9. The zero-order chi connectivity index (χ0) is 83.1. The Morgan fingerprint density at radius 1 is 0.160 bits per heavy atom. The van der Waals surface area contributed by atoms with Crippen molar-refractivity contribution in [3.8, 4) is 130 Å². The molecule has 24 rings (SSSR count). The second kappa shape index (κ2) is 32.7. The van der Waals surface area contributed by atoms with E-state index in [1.807, 2.05) is 146 Å². The lowest BCUT2D eigenvalue weighted by atomic mass is 9.98. The maximum atomic E-state index is 5.02. The van der Waals surface area contributed by atoms with Crippen LogP contribution in [0, 0.1) is 0 Å². The number of benzene rings is 18. The highest BCUT2D eigenvalue weighted by atomic mass is 79.9. The fourth-order valence-electron chi connectivity index (χ4n) is 17.5. The Balaban J connectivity index is 0.000000124. The van der Waals surface area contributed by atoms with E-state index in [-0.39, 0.29) is 0 Å². The van der Waals surface area contributed by atoms with Crippen LogP contribution in [0.3, 0.4) is 0 Å². The number of aromatic nitrogens is 10. The van der Waals surface area contributed by atoms with Crippen LogP contribution in [-0.2, 0) is 0 Å². The molecule has 0 atom stereocenters. The molecule has 0 saturated carbocycles. The first-order valence-electron chi connectivity index (χ1n) is 41.9. The normalized spacial score (nSPS) is 11.4. The highest BCUT2D eigenvalue weighted by Gasteiger charge is 2.21. The first-order chi connectivity index (χ1) is 61.9. The molecule has 0 bridgehead atoms. The van der Waals surface area contributed by atoms with Gasteiger partial charge in [-0.15, -0.1) is 0 Å². The summed E-state index contributed by atoms with van der Waals surface area (Å²) in [4.78, 5) is 32.6. The third-order valence-corrected chi connectivity index (χ3v) is 24.0. The summed E-state index contributed by atoms with van der Waals surface area (Å²) in [6, 6.07) is 158. The molecule has 18 aromatic carbocycles. The Morgan fingerprint density at radius 3 is 0.792 bits per heavy atom. The van der Waals surface area contributed by atoms with Gasteiger partial charge in [0.1, 0.15) is 0 Å². The van der Waals surface area contributed by atoms with Crippen LogP contribution in [0.1, 0.15) is 0 Å². The van der Waals surface area contributed by atoms with Crippen LogP contribution < -0.4 is 0 Å². The topological polar surface area (TPSA) is 108 Å². The Kier molecular flexibility index (Phi) is 19.6. The second-order valence-corrected chi connectivity index (χ2v) is 32.1. The molecule has 10 nitrogen and oxygen atoms in total. The van der Waals surface area contributed by atoms with Crippen molar-refractivity contribution in [2.75, 3.05) is 0 Å². The van der Waals surface area contributed by atoms with E-state index in [2.05, 4.69) is 343 Å². The summed E-state index contributed by atoms with van der Waals surface area (Å²) in [6.07, 6.45) is 0. The lowest BCUT2D eigenvalue weighted by Gasteiger charge is -2.12. The molecule has 588 valence electrons. The van der Waals surface area contributed by atoms with Crippen molar-refractivity contribution in [3.05, 3.63) is 453 Å². The number of nitrogens with one attached hydrogen (secondary N) is 1. The SMILES string of the molecule is Brc1cccc(-c2nc(-c3ccccc3)nc(-c3ccccc3)n2)c1.c1ccc(-c2nc(-c3ccccc3)nc(-c3cccc(-n4c5ccccc5c5cc(-c6ccc(-c7ccc8c(c7)c7ccccc7n8-c7ccccc7)cc6)ccc54)c3)n2)cc1.c1ccc(-n2c3ccccc3c3cc(-c4ccc(-c5ccc6[nH]c7ccccc7c6c5)cc4)ccc32)cc1. The van der Waals surface area contributed by atoms with Gasteiger partial charge >= 0.3 is 0 Å². The molecule has 0 aliphatic rings. The van der Waals surface area contributed by atoms with Gasteiger partial charge in [-0.1, -0.05) is 344 Å². The molecule has 11 heteroatoms. The van der Waals surface area contributed by atoms with Crippen molar-refractivity contribution in [2.45, 2.75) is 0 Å². The number of aromatic amines is 1. The van der Waals surface area contributed by atoms with Crippen molar-refractivity contribution in [2.24, 2.45) is 0 Å². The molecule has 6 aromatic heterocycles. The maximum absolute atomic E-state index is 5.02. The van der Waals surface area contributed by atoms with Gasteiger partial charge in [-0.2, -0.15) is 0 Å². The molecular weight excluding hydrogens is 1590 g/mol. The number of H-pyrrole nitrogens is 1. The molecule has 6 heterocycles. The molecule has 24 aromatic rings. The van der Waals surface area contributed by atoms with Crippen LogP contribution in [0.2, 0.25) is 0 Å². The van der Waals surface area contributed by atoms with E-state index >= 15 is 0 Å². The number of para-hydroxylation sites is 6. The van der Waals surface area contributed by atoms with Gasteiger partial charge in [0.15, 0.2) is 34.9 Å². The predicted octanol–water partition coefficient (Wildman–Crippen LogP) is 29.8. The van der Waals surface area contributed by atoms with Gasteiger partial charge in [0.2, 0.25) is 0 Å². The molecular formula is C114H75BrN10. The Bertz CT molecular complexity index is 8020. The van der Waals surface area contributed by atoms with Crippen molar-refractivity contribution < 1.29 is 0 Å². The highest BCUT2D eigenvalue weighted by molar-refractivity contribution is 9.10. The predicted molar refractivity (Wildman–Crippen MR) is 521 cm³/mol. The number of hydrogen-bond acceptors (Lipinski definition) is 6. The molecule has 0 saturated heterocycles. The quantitative estimate of drug-likeness (QED) is 0.123. The molecule has 0 aliphatic heterocycles. The number of rotatable bonds is 13. The Hall–Kier alpha value is -16.3. The van der Waals surface area contributed by atoms with Crippen molar-refractivity contribution in [1.29, 1.82) is 0 Å². The lowest BCUT2D eigenvalue weighted by Crippen LogP contribution is -2.01. The van der Waals surface area contributed by atoms with Gasteiger partial charge in [-0.3, -0.25) is 0 Å².